The molecule has 0 saturated heterocycles. The number of ether oxygens (including phenoxy) is 1. The normalized spacial score (nSPS) is 11.1. The van der Waals surface area contributed by atoms with E-state index in [2.05, 4.69) is 30.0 Å². The molecule has 0 bridgehead atoms. The van der Waals surface area contributed by atoms with Crippen LogP contribution < -0.4 is 4.74 Å². The van der Waals surface area contributed by atoms with Gasteiger partial charge in [-0.15, -0.1) is 0 Å². The van der Waals surface area contributed by atoms with E-state index in [1.165, 1.54) is 37.7 Å². The summed E-state index contributed by atoms with van der Waals surface area (Å²) in [5.41, 5.74) is 1.31. The Hall–Kier alpha value is -1.74. The first-order valence-corrected chi connectivity index (χ1v) is 8.69. The van der Waals surface area contributed by atoms with Crippen LogP contribution in [0.4, 0.5) is 0 Å². The van der Waals surface area contributed by atoms with E-state index in [9.17, 15) is 0 Å². The molecule has 0 fully saturated rings. The number of nitrogens with zero attached hydrogens (tertiary/aromatic N) is 1. The Morgan fingerprint density at radius 2 is 1.74 bits per heavy atom. The largest absolute Gasteiger partial charge is 0.497 e. The SMILES string of the molecule is CCCCCCCN(Cc1ccc(OC)cc1)Cc1ccco1. The maximum absolute atomic E-state index is 5.52. The maximum atomic E-state index is 5.52. The van der Waals surface area contributed by atoms with Gasteiger partial charge in [-0.2, -0.15) is 0 Å². The summed E-state index contributed by atoms with van der Waals surface area (Å²) in [5, 5.41) is 0. The summed E-state index contributed by atoms with van der Waals surface area (Å²) < 4.78 is 10.8. The van der Waals surface area contributed by atoms with Crippen molar-refractivity contribution < 1.29 is 9.15 Å². The predicted molar refractivity (Wildman–Crippen MR) is 94.6 cm³/mol. The number of rotatable bonds is 11. The van der Waals surface area contributed by atoms with Crippen LogP contribution in [0.5, 0.6) is 5.75 Å². The second kappa shape index (κ2) is 10.1. The highest BCUT2D eigenvalue weighted by molar-refractivity contribution is 5.27. The zero-order chi connectivity index (χ0) is 16.3. The van der Waals surface area contributed by atoms with Crippen molar-refractivity contribution in [2.24, 2.45) is 0 Å². The van der Waals surface area contributed by atoms with Gasteiger partial charge in [0.2, 0.25) is 0 Å². The number of unbranched alkanes of at least 4 members (excludes halogenated alkanes) is 4. The molecule has 0 aliphatic heterocycles. The minimum Gasteiger partial charge on any atom is -0.497 e. The Bertz CT molecular complexity index is 519. The molecule has 0 aliphatic carbocycles. The number of methoxy groups -OCH3 is 1. The Labute approximate surface area is 140 Å². The summed E-state index contributed by atoms with van der Waals surface area (Å²) in [6, 6.07) is 12.4. The predicted octanol–water partition coefficient (Wildman–Crippen LogP) is 5.26. The molecular weight excluding hydrogens is 286 g/mol. The Morgan fingerprint density at radius 3 is 2.39 bits per heavy atom. The van der Waals surface area contributed by atoms with Crippen LogP contribution in [-0.4, -0.2) is 18.6 Å². The molecule has 3 heteroatoms. The van der Waals surface area contributed by atoms with Gasteiger partial charge < -0.3 is 9.15 Å². The van der Waals surface area contributed by atoms with E-state index >= 15 is 0 Å². The summed E-state index contributed by atoms with van der Waals surface area (Å²) in [7, 11) is 1.70. The van der Waals surface area contributed by atoms with E-state index in [0.717, 1.165) is 31.1 Å². The van der Waals surface area contributed by atoms with Crippen molar-refractivity contribution in [3.8, 4) is 5.75 Å². The maximum Gasteiger partial charge on any atom is 0.118 e. The molecule has 0 radical (unpaired) electrons. The van der Waals surface area contributed by atoms with E-state index < -0.39 is 0 Å². The van der Waals surface area contributed by atoms with E-state index in [1.54, 1.807) is 13.4 Å². The van der Waals surface area contributed by atoms with Gasteiger partial charge in [-0.1, -0.05) is 44.7 Å². The summed E-state index contributed by atoms with van der Waals surface area (Å²) in [6.45, 7) is 5.18. The van der Waals surface area contributed by atoms with Crippen molar-refractivity contribution in [1.82, 2.24) is 4.90 Å². The highest BCUT2D eigenvalue weighted by Gasteiger charge is 2.09. The fourth-order valence-electron chi connectivity index (χ4n) is 2.77. The average Bonchev–Trinajstić information content (AvgIpc) is 3.08. The quantitative estimate of drug-likeness (QED) is 0.529. The third-order valence-electron chi connectivity index (χ3n) is 4.10. The molecule has 0 amide bonds. The summed E-state index contributed by atoms with van der Waals surface area (Å²) >= 11 is 0. The lowest BCUT2D eigenvalue weighted by molar-refractivity contribution is 0.230. The van der Waals surface area contributed by atoms with Crippen molar-refractivity contribution in [2.75, 3.05) is 13.7 Å². The molecule has 2 aromatic rings. The van der Waals surface area contributed by atoms with Crippen molar-refractivity contribution >= 4 is 0 Å². The van der Waals surface area contributed by atoms with Crippen LogP contribution in [0.15, 0.2) is 47.1 Å². The second-order valence-electron chi connectivity index (χ2n) is 6.05. The molecule has 1 aromatic carbocycles. The second-order valence-corrected chi connectivity index (χ2v) is 6.05. The molecule has 23 heavy (non-hydrogen) atoms. The average molecular weight is 315 g/mol. The lowest BCUT2D eigenvalue weighted by atomic mass is 10.1. The molecule has 0 saturated carbocycles. The Morgan fingerprint density at radius 1 is 0.957 bits per heavy atom. The smallest absolute Gasteiger partial charge is 0.118 e. The Balaban J connectivity index is 1.88. The van der Waals surface area contributed by atoms with E-state index in [4.69, 9.17) is 9.15 Å². The van der Waals surface area contributed by atoms with E-state index in [0.29, 0.717) is 0 Å². The molecular formula is C20H29NO2. The molecule has 2 rings (SSSR count). The topological polar surface area (TPSA) is 25.6 Å². The molecule has 126 valence electrons. The molecule has 1 aromatic heterocycles. The summed E-state index contributed by atoms with van der Waals surface area (Å²) in [6.07, 6.45) is 8.29. The van der Waals surface area contributed by atoms with E-state index in [1.807, 2.05) is 18.2 Å². The summed E-state index contributed by atoms with van der Waals surface area (Å²) in [4.78, 5) is 2.46. The molecule has 0 unspecified atom stereocenters. The summed E-state index contributed by atoms with van der Waals surface area (Å²) in [5.74, 6) is 1.94. The minimum absolute atomic E-state index is 0.868. The third-order valence-corrected chi connectivity index (χ3v) is 4.10. The van der Waals surface area contributed by atoms with Gasteiger partial charge in [-0.25, -0.2) is 0 Å². The van der Waals surface area contributed by atoms with Crippen molar-refractivity contribution in [3.63, 3.8) is 0 Å². The lowest BCUT2D eigenvalue weighted by Gasteiger charge is -2.21. The van der Waals surface area contributed by atoms with Gasteiger partial charge in [0.15, 0.2) is 0 Å². The molecule has 0 N–H and O–H groups in total. The van der Waals surface area contributed by atoms with Gasteiger partial charge in [-0.05, 0) is 42.8 Å². The van der Waals surface area contributed by atoms with Crippen molar-refractivity contribution in [2.45, 2.75) is 52.1 Å². The molecule has 1 heterocycles. The van der Waals surface area contributed by atoms with Crippen LogP contribution in [0, 0.1) is 0 Å². The van der Waals surface area contributed by atoms with Crippen molar-refractivity contribution in [1.29, 1.82) is 0 Å². The first-order chi connectivity index (χ1) is 11.3. The van der Waals surface area contributed by atoms with Gasteiger partial charge in [0.05, 0.1) is 19.9 Å². The Kier molecular flexibility index (Phi) is 7.74. The number of hydrogen-bond donors (Lipinski definition) is 0. The highest BCUT2D eigenvalue weighted by Crippen LogP contribution is 2.16. The fourth-order valence-corrected chi connectivity index (χ4v) is 2.77. The van der Waals surface area contributed by atoms with Crippen LogP contribution >= 0.6 is 0 Å². The fraction of sp³-hybridized carbons (Fsp3) is 0.500. The molecule has 0 spiro atoms. The third kappa shape index (κ3) is 6.49. The number of furan rings is 1. The molecule has 0 aliphatic rings. The first kappa shape index (κ1) is 17.6. The monoisotopic (exact) mass is 315 g/mol. The van der Waals surface area contributed by atoms with Gasteiger partial charge >= 0.3 is 0 Å². The molecule has 0 atom stereocenters. The zero-order valence-corrected chi connectivity index (χ0v) is 14.5. The van der Waals surface area contributed by atoms with Gasteiger partial charge in [-0.3, -0.25) is 4.90 Å². The van der Waals surface area contributed by atoms with Gasteiger partial charge in [0.1, 0.15) is 11.5 Å². The minimum atomic E-state index is 0.868. The van der Waals surface area contributed by atoms with Crippen molar-refractivity contribution in [3.05, 3.63) is 54.0 Å². The first-order valence-electron chi connectivity index (χ1n) is 8.69. The standard InChI is InChI=1S/C20H29NO2/c1-3-4-5-6-7-14-21(17-20-9-8-15-23-20)16-18-10-12-19(22-2)13-11-18/h8-13,15H,3-7,14,16-17H2,1-2H3. The van der Waals surface area contributed by atoms with Crippen LogP contribution in [0.2, 0.25) is 0 Å². The zero-order valence-electron chi connectivity index (χ0n) is 14.5. The molecule has 3 nitrogen and oxygen atoms in total. The highest BCUT2D eigenvalue weighted by atomic mass is 16.5. The van der Waals surface area contributed by atoms with Crippen LogP contribution in [0.3, 0.4) is 0 Å². The number of benzene rings is 1. The van der Waals surface area contributed by atoms with Gasteiger partial charge in [0.25, 0.3) is 0 Å². The van der Waals surface area contributed by atoms with Crippen LogP contribution in [0.25, 0.3) is 0 Å². The van der Waals surface area contributed by atoms with Gasteiger partial charge in [0, 0.05) is 6.54 Å². The lowest BCUT2D eigenvalue weighted by Crippen LogP contribution is -2.23. The van der Waals surface area contributed by atoms with E-state index in [-0.39, 0.29) is 0 Å². The van der Waals surface area contributed by atoms with Crippen LogP contribution in [0.1, 0.15) is 50.4 Å². The number of hydrogen-bond acceptors (Lipinski definition) is 3. The van der Waals surface area contributed by atoms with Crippen LogP contribution in [-0.2, 0) is 13.1 Å².